The third-order valence-electron chi connectivity index (χ3n) is 2.39. The Morgan fingerprint density at radius 2 is 2.31 bits per heavy atom. The number of hydrogen-bond donors (Lipinski definition) is 2. The summed E-state index contributed by atoms with van der Waals surface area (Å²) >= 11 is 0. The molecule has 1 aliphatic heterocycles. The summed E-state index contributed by atoms with van der Waals surface area (Å²) in [7, 11) is 1.45. The van der Waals surface area contributed by atoms with Gasteiger partial charge in [0.25, 0.3) is 0 Å². The molecular formula is C10H14N2O4. The highest BCUT2D eigenvalue weighted by atomic mass is 16.4. The van der Waals surface area contributed by atoms with Gasteiger partial charge in [-0.3, -0.25) is 14.5 Å². The van der Waals surface area contributed by atoms with E-state index in [1.165, 1.54) is 13.1 Å². The number of carboxylic acid groups (broad SMARTS) is 1. The summed E-state index contributed by atoms with van der Waals surface area (Å²) in [5.74, 6) is -1.46. The highest BCUT2D eigenvalue weighted by Crippen LogP contribution is 2.10. The van der Waals surface area contributed by atoms with E-state index in [0.29, 0.717) is 19.4 Å². The Morgan fingerprint density at radius 1 is 1.62 bits per heavy atom. The minimum Gasteiger partial charge on any atom is -0.478 e. The number of aliphatic carboxylic acids is 1. The third kappa shape index (κ3) is 3.16. The molecule has 0 radical (unpaired) electrons. The second-order valence-corrected chi connectivity index (χ2v) is 3.53. The maximum absolute atomic E-state index is 11.6. The minimum atomic E-state index is -1.02. The summed E-state index contributed by atoms with van der Waals surface area (Å²) in [5, 5.41) is 11.2. The van der Waals surface area contributed by atoms with E-state index in [0.717, 1.165) is 11.0 Å². The number of likely N-dealkylation sites (tertiary alicyclic amines) is 1. The highest BCUT2D eigenvalue weighted by molar-refractivity contribution is 6.00. The van der Waals surface area contributed by atoms with Gasteiger partial charge in [0.05, 0.1) is 6.04 Å². The van der Waals surface area contributed by atoms with Gasteiger partial charge >= 0.3 is 5.97 Å². The first-order valence-corrected chi connectivity index (χ1v) is 4.95. The van der Waals surface area contributed by atoms with Crippen LogP contribution in [0.1, 0.15) is 12.8 Å². The van der Waals surface area contributed by atoms with Crippen molar-refractivity contribution in [2.24, 2.45) is 0 Å². The Hall–Kier alpha value is -1.69. The molecule has 0 aliphatic carbocycles. The van der Waals surface area contributed by atoms with Gasteiger partial charge < -0.3 is 10.4 Å². The van der Waals surface area contributed by atoms with Crippen molar-refractivity contribution in [2.45, 2.75) is 18.9 Å². The standard InChI is InChI=1S/C10H14N2O4/c1-12-8(13)5-4-7(10(12)16)11-6-2-3-9(14)15/h2-3,7,11H,4-6H2,1H3,(H,14,15)/b3-2+. The van der Waals surface area contributed by atoms with Gasteiger partial charge in [0.15, 0.2) is 0 Å². The van der Waals surface area contributed by atoms with Gasteiger partial charge in [0, 0.05) is 26.1 Å². The number of carbonyl (C=O) groups is 3. The van der Waals surface area contributed by atoms with E-state index in [2.05, 4.69) is 5.32 Å². The van der Waals surface area contributed by atoms with Crippen LogP contribution >= 0.6 is 0 Å². The second-order valence-electron chi connectivity index (χ2n) is 3.53. The van der Waals surface area contributed by atoms with Crippen molar-refractivity contribution in [1.82, 2.24) is 10.2 Å². The molecule has 1 unspecified atom stereocenters. The molecule has 2 amide bonds. The Bertz CT molecular complexity index is 338. The predicted molar refractivity (Wildman–Crippen MR) is 55.6 cm³/mol. The van der Waals surface area contributed by atoms with Gasteiger partial charge in [-0.05, 0) is 6.42 Å². The van der Waals surface area contributed by atoms with E-state index in [1.807, 2.05) is 0 Å². The molecule has 16 heavy (non-hydrogen) atoms. The van der Waals surface area contributed by atoms with Gasteiger partial charge in [-0.1, -0.05) is 6.08 Å². The van der Waals surface area contributed by atoms with Gasteiger partial charge in [-0.15, -0.1) is 0 Å². The van der Waals surface area contributed by atoms with Gasteiger partial charge in [0.2, 0.25) is 11.8 Å². The smallest absolute Gasteiger partial charge is 0.328 e. The van der Waals surface area contributed by atoms with Crippen molar-refractivity contribution in [3.63, 3.8) is 0 Å². The fourth-order valence-electron chi connectivity index (χ4n) is 1.48. The highest BCUT2D eigenvalue weighted by Gasteiger charge is 2.30. The zero-order valence-electron chi connectivity index (χ0n) is 8.97. The van der Waals surface area contributed by atoms with Crippen molar-refractivity contribution in [3.05, 3.63) is 12.2 Å². The summed E-state index contributed by atoms with van der Waals surface area (Å²) in [6, 6.07) is -0.402. The van der Waals surface area contributed by atoms with Crippen LogP contribution < -0.4 is 5.32 Å². The SMILES string of the molecule is CN1C(=O)CCC(NC/C=C/C(=O)O)C1=O. The summed E-state index contributed by atoms with van der Waals surface area (Å²) in [5.41, 5.74) is 0. The minimum absolute atomic E-state index is 0.177. The second kappa shape index (κ2) is 5.41. The predicted octanol–water partition coefficient (Wildman–Crippen LogP) is -0.636. The molecule has 6 heteroatoms. The molecule has 0 spiro atoms. The number of carbonyl (C=O) groups excluding carboxylic acids is 2. The number of amides is 2. The summed E-state index contributed by atoms with van der Waals surface area (Å²) in [4.78, 5) is 34.0. The molecule has 0 aromatic rings. The molecule has 1 fully saturated rings. The molecule has 0 aromatic heterocycles. The fraction of sp³-hybridized carbons (Fsp3) is 0.500. The quantitative estimate of drug-likeness (QED) is 0.492. The number of hydrogen-bond acceptors (Lipinski definition) is 4. The van der Waals surface area contributed by atoms with Crippen LogP contribution in [0.15, 0.2) is 12.2 Å². The third-order valence-corrected chi connectivity index (χ3v) is 2.39. The lowest BCUT2D eigenvalue weighted by Crippen LogP contribution is -2.51. The largest absolute Gasteiger partial charge is 0.478 e. The maximum Gasteiger partial charge on any atom is 0.328 e. The summed E-state index contributed by atoms with van der Waals surface area (Å²) in [6.45, 7) is 0.296. The normalized spacial score (nSPS) is 21.8. The average molecular weight is 226 g/mol. The molecule has 1 heterocycles. The van der Waals surface area contributed by atoms with Crippen molar-refractivity contribution >= 4 is 17.8 Å². The van der Waals surface area contributed by atoms with Crippen LogP contribution in [0.3, 0.4) is 0 Å². The number of imide groups is 1. The first kappa shape index (κ1) is 12.4. The van der Waals surface area contributed by atoms with Gasteiger partial charge in [-0.25, -0.2) is 4.79 Å². The number of rotatable bonds is 4. The van der Waals surface area contributed by atoms with E-state index in [9.17, 15) is 14.4 Å². The van der Waals surface area contributed by atoms with E-state index < -0.39 is 12.0 Å². The van der Waals surface area contributed by atoms with Crippen LogP contribution in [0.25, 0.3) is 0 Å². The summed E-state index contributed by atoms with van der Waals surface area (Å²) < 4.78 is 0. The Morgan fingerprint density at radius 3 is 2.94 bits per heavy atom. The molecule has 0 aromatic carbocycles. The van der Waals surface area contributed by atoms with E-state index in [-0.39, 0.29) is 11.8 Å². The average Bonchev–Trinajstić information content (AvgIpc) is 2.23. The van der Waals surface area contributed by atoms with Crippen LogP contribution in [-0.2, 0) is 14.4 Å². The zero-order valence-corrected chi connectivity index (χ0v) is 8.97. The van der Waals surface area contributed by atoms with E-state index in [4.69, 9.17) is 5.11 Å². The molecule has 2 N–H and O–H groups in total. The maximum atomic E-state index is 11.6. The number of carboxylic acids is 1. The van der Waals surface area contributed by atoms with Crippen LogP contribution in [-0.4, -0.2) is 47.4 Å². The van der Waals surface area contributed by atoms with Gasteiger partial charge in [0.1, 0.15) is 0 Å². The Labute approximate surface area is 92.9 Å². The molecule has 1 saturated heterocycles. The van der Waals surface area contributed by atoms with Crippen molar-refractivity contribution in [1.29, 1.82) is 0 Å². The van der Waals surface area contributed by atoms with Crippen LogP contribution in [0.5, 0.6) is 0 Å². The lowest BCUT2D eigenvalue weighted by atomic mass is 10.0. The van der Waals surface area contributed by atoms with Crippen LogP contribution in [0, 0.1) is 0 Å². The molecule has 88 valence electrons. The molecular weight excluding hydrogens is 212 g/mol. The first-order chi connectivity index (χ1) is 7.52. The molecule has 6 nitrogen and oxygen atoms in total. The fourth-order valence-corrected chi connectivity index (χ4v) is 1.48. The van der Waals surface area contributed by atoms with Crippen molar-refractivity contribution in [3.8, 4) is 0 Å². The lowest BCUT2D eigenvalue weighted by Gasteiger charge is -2.27. The van der Waals surface area contributed by atoms with E-state index >= 15 is 0 Å². The Balaban J connectivity index is 2.41. The van der Waals surface area contributed by atoms with Crippen LogP contribution in [0.2, 0.25) is 0 Å². The van der Waals surface area contributed by atoms with Crippen LogP contribution in [0.4, 0.5) is 0 Å². The number of likely N-dealkylation sites (N-methyl/N-ethyl adjacent to an activating group) is 1. The first-order valence-electron chi connectivity index (χ1n) is 4.95. The van der Waals surface area contributed by atoms with Crippen molar-refractivity contribution in [2.75, 3.05) is 13.6 Å². The van der Waals surface area contributed by atoms with Gasteiger partial charge in [-0.2, -0.15) is 0 Å². The topological polar surface area (TPSA) is 86.7 Å². The summed E-state index contributed by atoms with van der Waals surface area (Å²) in [6.07, 6.45) is 3.23. The van der Waals surface area contributed by atoms with Crippen molar-refractivity contribution < 1.29 is 19.5 Å². The number of nitrogens with one attached hydrogen (secondary N) is 1. The molecule has 1 atom stereocenters. The molecule has 0 saturated carbocycles. The molecule has 0 bridgehead atoms. The van der Waals surface area contributed by atoms with E-state index in [1.54, 1.807) is 0 Å². The monoisotopic (exact) mass is 226 g/mol. The number of nitrogens with zero attached hydrogens (tertiary/aromatic N) is 1. The Kier molecular flexibility index (Phi) is 4.19. The molecule has 1 rings (SSSR count). The molecule has 1 aliphatic rings. The lowest BCUT2D eigenvalue weighted by molar-refractivity contribution is -0.148. The number of piperidine rings is 1. The zero-order chi connectivity index (χ0) is 12.1.